The van der Waals surface area contributed by atoms with Gasteiger partial charge in [-0.25, -0.2) is 4.79 Å². The average molecular weight is 247 g/mol. The van der Waals surface area contributed by atoms with E-state index < -0.39 is 11.6 Å². The molecule has 0 heterocycles. The molecule has 0 aromatic heterocycles. The van der Waals surface area contributed by atoms with Gasteiger partial charge >= 0.3 is 5.97 Å². The van der Waals surface area contributed by atoms with Gasteiger partial charge in [0.25, 0.3) is 0 Å². The monoisotopic (exact) mass is 247 g/mol. The summed E-state index contributed by atoms with van der Waals surface area (Å²) in [6.45, 7) is 9.26. The van der Waals surface area contributed by atoms with Gasteiger partial charge in [-0.15, -0.1) is 6.58 Å². The van der Waals surface area contributed by atoms with Gasteiger partial charge < -0.3 is 9.84 Å². The zero-order valence-corrected chi connectivity index (χ0v) is 10.5. The Morgan fingerprint density at radius 3 is 2.94 bits per heavy atom. The predicted molar refractivity (Wildman–Crippen MR) is 67.4 cm³/mol. The Labute approximate surface area is 107 Å². The summed E-state index contributed by atoms with van der Waals surface area (Å²) in [5.74, 6) is -0.715. The van der Waals surface area contributed by atoms with Crippen molar-refractivity contribution in [3.8, 4) is 6.07 Å². The Bertz CT molecular complexity index is 456. The Balaban J connectivity index is 2.91. The second-order valence-corrected chi connectivity index (χ2v) is 4.28. The van der Waals surface area contributed by atoms with Crippen LogP contribution in [0, 0.1) is 11.3 Å². The third-order valence-electron chi connectivity index (χ3n) is 3.08. The van der Waals surface area contributed by atoms with E-state index in [1.54, 1.807) is 6.08 Å². The number of esters is 1. The maximum Gasteiger partial charge on any atom is 0.342 e. The lowest BCUT2D eigenvalue weighted by molar-refractivity contribution is -0.160. The molecule has 1 unspecified atom stereocenters. The molecule has 1 rings (SSSR count). The molecule has 0 radical (unpaired) electrons. The second kappa shape index (κ2) is 5.65. The molecule has 1 N–H and O–H groups in total. The molecule has 0 spiro atoms. The van der Waals surface area contributed by atoms with Crippen molar-refractivity contribution < 1.29 is 14.6 Å². The third-order valence-corrected chi connectivity index (χ3v) is 3.08. The number of nitriles is 1. The number of ether oxygens (including phenoxy) is 1. The summed E-state index contributed by atoms with van der Waals surface area (Å²) in [7, 11) is 0. The number of hydrogen-bond acceptors (Lipinski definition) is 4. The van der Waals surface area contributed by atoms with E-state index in [0.717, 1.165) is 11.1 Å². The highest BCUT2D eigenvalue weighted by Crippen LogP contribution is 2.41. The molecule has 0 bridgehead atoms. The van der Waals surface area contributed by atoms with Crippen LogP contribution in [0.25, 0.3) is 0 Å². The number of carbonyl (C=O) groups excluding carboxylic acids is 1. The minimum absolute atomic E-state index is 0.00939. The van der Waals surface area contributed by atoms with Crippen LogP contribution in [0.5, 0.6) is 0 Å². The molecule has 0 amide bonds. The number of hydrogen-bond donors (Lipinski definition) is 1. The second-order valence-electron chi connectivity index (χ2n) is 4.28. The summed E-state index contributed by atoms with van der Waals surface area (Å²) in [6, 6.07) is 1.88. The van der Waals surface area contributed by atoms with Gasteiger partial charge in [-0.05, 0) is 30.1 Å². The van der Waals surface area contributed by atoms with E-state index in [2.05, 4.69) is 13.2 Å². The largest absolute Gasteiger partial charge is 0.462 e. The third kappa shape index (κ3) is 2.52. The minimum Gasteiger partial charge on any atom is -0.462 e. The van der Waals surface area contributed by atoms with Crippen molar-refractivity contribution >= 4 is 5.97 Å². The summed E-state index contributed by atoms with van der Waals surface area (Å²) in [4.78, 5) is 11.9. The van der Waals surface area contributed by atoms with Crippen molar-refractivity contribution in [1.29, 1.82) is 5.26 Å². The number of aliphatic hydroxyl groups is 1. The van der Waals surface area contributed by atoms with Crippen LogP contribution in [-0.4, -0.2) is 23.3 Å². The molecule has 0 aliphatic heterocycles. The van der Waals surface area contributed by atoms with E-state index in [1.807, 2.05) is 13.0 Å². The Kier molecular flexibility index (Phi) is 4.46. The van der Waals surface area contributed by atoms with E-state index >= 15 is 0 Å². The molecule has 4 nitrogen and oxygen atoms in total. The molecule has 0 saturated carbocycles. The van der Waals surface area contributed by atoms with Crippen LogP contribution in [0.4, 0.5) is 0 Å². The molecule has 0 aromatic rings. The molecule has 1 aliphatic carbocycles. The van der Waals surface area contributed by atoms with E-state index in [1.165, 1.54) is 0 Å². The minimum atomic E-state index is -1.65. The molecule has 1 atom stereocenters. The predicted octanol–water partition coefficient (Wildman–Crippen LogP) is 2.03. The van der Waals surface area contributed by atoms with Gasteiger partial charge in [0.15, 0.2) is 5.60 Å². The fraction of sp³-hybridized carbons (Fsp3) is 0.429. The van der Waals surface area contributed by atoms with Crippen LogP contribution in [0.1, 0.15) is 26.2 Å². The van der Waals surface area contributed by atoms with E-state index in [0.29, 0.717) is 12.0 Å². The molecule has 0 fully saturated rings. The van der Waals surface area contributed by atoms with E-state index in [4.69, 9.17) is 10.00 Å². The summed E-state index contributed by atoms with van der Waals surface area (Å²) in [6.07, 6.45) is 2.30. The van der Waals surface area contributed by atoms with Crippen molar-refractivity contribution in [3.05, 3.63) is 36.0 Å². The van der Waals surface area contributed by atoms with Crippen molar-refractivity contribution in [2.24, 2.45) is 0 Å². The van der Waals surface area contributed by atoms with Gasteiger partial charge in [-0.1, -0.05) is 12.7 Å². The summed E-state index contributed by atoms with van der Waals surface area (Å²) < 4.78 is 4.92. The lowest BCUT2D eigenvalue weighted by atomic mass is 9.92. The summed E-state index contributed by atoms with van der Waals surface area (Å²) in [5.41, 5.74) is 0.496. The number of nitrogens with zero attached hydrogens (tertiary/aromatic N) is 1. The van der Waals surface area contributed by atoms with Crippen LogP contribution < -0.4 is 0 Å². The van der Waals surface area contributed by atoms with Gasteiger partial charge in [0, 0.05) is 6.42 Å². The SMILES string of the molecule is C=CCC1=C(C)C(=C)CC1(O)C(=O)OCCC#N. The molecular weight excluding hydrogens is 230 g/mol. The Morgan fingerprint density at radius 1 is 1.72 bits per heavy atom. The maximum atomic E-state index is 11.9. The zero-order chi connectivity index (χ0) is 13.8. The first kappa shape index (κ1) is 14.2. The molecular formula is C14H17NO3. The van der Waals surface area contributed by atoms with Gasteiger partial charge in [0.05, 0.1) is 12.5 Å². The first-order chi connectivity index (χ1) is 8.47. The van der Waals surface area contributed by atoms with Crippen LogP contribution >= 0.6 is 0 Å². The van der Waals surface area contributed by atoms with Gasteiger partial charge in [0.1, 0.15) is 6.61 Å². The van der Waals surface area contributed by atoms with Gasteiger partial charge in [-0.3, -0.25) is 0 Å². The fourth-order valence-corrected chi connectivity index (χ4v) is 2.04. The molecule has 0 saturated heterocycles. The normalized spacial score (nSPS) is 22.8. The standard InChI is InChI=1S/C14H17NO3/c1-4-6-12-11(3)10(2)9-14(12,17)13(16)18-8-5-7-15/h4,17H,1-2,5-6,8-9H2,3H3. The number of allylic oxidation sites excluding steroid dienone is 2. The first-order valence-corrected chi connectivity index (χ1v) is 5.73. The molecule has 0 aromatic carbocycles. The van der Waals surface area contributed by atoms with Crippen LogP contribution in [0.3, 0.4) is 0 Å². The molecule has 4 heteroatoms. The van der Waals surface area contributed by atoms with Crippen LogP contribution in [0.15, 0.2) is 36.0 Å². The highest BCUT2D eigenvalue weighted by Gasteiger charge is 2.46. The van der Waals surface area contributed by atoms with Crippen LogP contribution in [0.2, 0.25) is 0 Å². The number of rotatable bonds is 5. The highest BCUT2D eigenvalue weighted by molar-refractivity contribution is 5.86. The lowest BCUT2D eigenvalue weighted by Gasteiger charge is -2.23. The maximum absolute atomic E-state index is 11.9. The van der Waals surface area contributed by atoms with Crippen LogP contribution in [-0.2, 0) is 9.53 Å². The van der Waals surface area contributed by atoms with Crippen molar-refractivity contribution in [2.75, 3.05) is 6.61 Å². The molecule has 1 aliphatic rings. The quantitative estimate of drug-likeness (QED) is 0.458. The van der Waals surface area contributed by atoms with Gasteiger partial charge in [-0.2, -0.15) is 5.26 Å². The topological polar surface area (TPSA) is 70.3 Å². The smallest absolute Gasteiger partial charge is 0.342 e. The van der Waals surface area contributed by atoms with E-state index in [-0.39, 0.29) is 19.4 Å². The summed E-state index contributed by atoms with van der Waals surface area (Å²) in [5, 5.41) is 18.9. The van der Waals surface area contributed by atoms with Gasteiger partial charge in [0.2, 0.25) is 0 Å². The molecule has 18 heavy (non-hydrogen) atoms. The summed E-state index contributed by atoms with van der Waals surface area (Å²) >= 11 is 0. The fourth-order valence-electron chi connectivity index (χ4n) is 2.04. The lowest BCUT2D eigenvalue weighted by Crippen LogP contribution is -2.40. The van der Waals surface area contributed by atoms with E-state index in [9.17, 15) is 9.90 Å². The average Bonchev–Trinajstić information content (AvgIpc) is 2.55. The van der Waals surface area contributed by atoms with Crippen molar-refractivity contribution in [2.45, 2.75) is 31.8 Å². The van der Waals surface area contributed by atoms with Crippen molar-refractivity contribution in [1.82, 2.24) is 0 Å². The highest BCUT2D eigenvalue weighted by atomic mass is 16.5. The first-order valence-electron chi connectivity index (χ1n) is 5.73. The Morgan fingerprint density at radius 2 is 2.39 bits per heavy atom. The zero-order valence-electron chi connectivity index (χ0n) is 10.5. The number of carbonyl (C=O) groups is 1. The van der Waals surface area contributed by atoms with Crippen molar-refractivity contribution in [3.63, 3.8) is 0 Å². The molecule has 96 valence electrons. The Hall–Kier alpha value is -1.86.